The number of amides is 3. The number of imide groups is 1. The number of hydrogen-bond acceptors (Lipinski definition) is 7. The number of likely N-dealkylation sites (tertiary alicyclic amines) is 1. The van der Waals surface area contributed by atoms with Gasteiger partial charge in [0.2, 0.25) is 5.91 Å². The van der Waals surface area contributed by atoms with E-state index in [9.17, 15) is 9.59 Å². The molecule has 2 aromatic heterocycles. The molecule has 32 heavy (non-hydrogen) atoms. The van der Waals surface area contributed by atoms with E-state index in [0.29, 0.717) is 24.8 Å². The number of imidazole rings is 1. The molecule has 0 aromatic carbocycles. The van der Waals surface area contributed by atoms with Crippen molar-refractivity contribution in [2.24, 2.45) is 5.73 Å². The average molecular weight is 441 g/mol. The van der Waals surface area contributed by atoms with Crippen molar-refractivity contribution < 1.29 is 9.59 Å². The first kappa shape index (κ1) is 21.2. The number of carbonyl (C=O) groups is 2. The number of urea groups is 1. The molecule has 10 heteroatoms. The van der Waals surface area contributed by atoms with Crippen LogP contribution in [0, 0.1) is 0 Å². The maximum atomic E-state index is 12.2. The van der Waals surface area contributed by atoms with Crippen LogP contribution < -0.4 is 20.9 Å². The molecule has 0 saturated carbocycles. The maximum absolute atomic E-state index is 12.2. The second kappa shape index (κ2) is 9.05. The summed E-state index contributed by atoms with van der Waals surface area (Å²) >= 11 is 0. The number of fused-ring (bicyclic) bond motifs is 1. The fourth-order valence-electron chi connectivity index (χ4n) is 4.82. The lowest BCUT2D eigenvalue weighted by atomic mass is 10.1. The molecular formula is C22H32N8O2. The predicted octanol–water partition coefficient (Wildman–Crippen LogP) is 0.326. The molecule has 5 heterocycles. The number of piperazine rings is 1. The van der Waals surface area contributed by atoms with E-state index in [1.54, 1.807) is 11.1 Å². The number of rotatable bonds is 5. The molecule has 3 amide bonds. The van der Waals surface area contributed by atoms with Crippen LogP contribution in [0.5, 0.6) is 0 Å². The standard InChI is InChI=1S/C22H32N8O2/c23-17-1-5-26(6-2-17)9-10-27-11-13-28(14-12-27)18-3-7-29-19(15-18)24-16-21(29)30-8-4-20(31)25-22(30)32/h3,7,15-17H,1-2,4-6,8-14,23H2,(H,25,31,32). The summed E-state index contributed by atoms with van der Waals surface area (Å²) in [7, 11) is 0. The van der Waals surface area contributed by atoms with E-state index in [1.165, 1.54) is 0 Å². The Balaban J connectivity index is 1.17. The largest absolute Gasteiger partial charge is 0.369 e. The van der Waals surface area contributed by atoms with Gasteiger partial charge in [-0.3, -0.25) is 24.3 Å². The van der Waals surface area contributed by atoms with Crippen LogP contribution in [0.4, 0.5) is 16.3 Å². The first-order valence-electron chi connectivity index (χ1n) is 11.6. The van der Waals surface area contributed by atoms with Crippen molar-refractivity contribution >= 4 is 29.1 Å². The molecule has 3 aliphatic rings. The van der Waals surface area contributed by atoms with E-state index in [1.807, 2.05) is 10.6 Å². The van der Waals surface area contributed by atoms with Gasteiger partial charge in [0.1, 0.15) is 11.5 Å². The van der Waals surface area contributed by atoms with Gasteiger partial charge in [0.05, 0.1) is 6.20 Å². The molecule has 0 atom stereocenters. The summed E-state index contributed by atoms with van der Waals surface area (Å²) in [5.74, 6) is 0.446. The van der Waals surface area contributed by atoms with Crippen LogP contribution in [0.1, 0.15) is 19.3 Å². The first-order valence-corrected chi connectivity index (χ1v) is 11.6. The minimum Gasteiger partial charge on any atom is -0.369 e. The maximum Gasteiger partial charge on any atom is 0.329 e. The number of nitrogens with two attached hydrogens (primary N) is 1. The highest BCUT2D eigenvalue weighted by Crippen LogP contribution is 2.24. The van der Waals surface area contributed by atoms with Crippen molar-refractivity contribution in [3.63, 3.8) is 0 Å². The van der Waals surface area contributed by atoms with E-state index in [0.717, 1.165) is 76.5 Å². The molecule has 2 aromatic rings. The van der Waals surface area contributed by atoms with Gasteiger partial charge < -0.3 is 15.5 Å². The summed E-state index contributed by atoms with van der Waals surface area (Å²) in [4.78, 5) is 37.2. The van der Waals surface area contributed by atoms with Gasteiger partial charge in [-0.25, -0.2) is 9.78 Å². The molecular weight excluding hydrogens is 408 g/mol. The SMILES string of the molecule is NC1CCN(CCN2CCN(c3ccn4c(N5CCC(=O)NC5=O)cnc4c3)CC2)CC1. The van der Waals surface area contributed by atoms with E-state index >= 15 is 0 Å². The molecule has 3 fully saturated rings. The predicted molar refractivity (Wildman–Crippen MR) is 123 cm³/mol. The van der Waals surface area contributed by atoms with Crippen molar-refractivity contribution in [2.75, 3.05) is 68.7 Å². The quantitative estimate of drug-likeness (QED) is 0.691. The average Bonchev–Trinajstić information content (AvgIpc) is 3.22. The molecule has 10 nitrogen and oxygen atoms in total. The Morgan fingerprint density at radius 3 is 2.44 bits per heavy atom. The highest BCUT2D eigenvalue weighted by Gasteiger charge is 2.27. The lowest BCUT2D eigenvalue weighted by molar-refractivity contribution is -0.120. The van der Waals surface area contributed by atoms with Crippen LogP contribution in [0.3, 0.4) is 0 Å². The Bertz CT molecular complexity index is 975. The summed E-state index contributed by atoms with van der Waals surface area (Å²) in [5, 5.41) is 2.37. The lowest BCUT2D eigenvalue weighted by Gasteiger charge is -2.38. The second-order valence-corrected chi connectivity index (χ2v) is 8.99. The first-order chi connectivity index (χ1) is 15.6. The van der Waals surface area contributed by atoms with Crippen LogP contribution in [0.15, 0.2) is 24.5 Å². The molecule has 0 aliphatic carbocycles. The number of nitrogens with zero attached hydrogens (tertiary/aromatic N) is 6. The summed E-state index contributed by atoms with van der Waals surface area (Å²) in [6, 6.07) is 4.15. The third kappa shape index (κ3) is 4.43. The lowest BCUT2D eigenvalue weighted by Crippen LogP contribution is -2.50. The highest BCUT2D eigenvalue weighted by molar-refractivity contribution is 6.05. The Labute approximate surface area is 187 Å². The highest BCUT2D eigenvalue weighted by atomic mass is 16.2. The fraction of sp³-hybridized carbons (Fsp3) is 0.591. The Hall–Kier alpha value is -2.69. The van der Waals surface area contributed by atoms with Gasteiger partial charge >= 0.3 is 6.03 Å². The minimum absolute atomic E-state index is 0.235. The third-order valence-electron chi connectivity index (χ3n) is 6.91. The number of aromatic nitrogens is 2. The molecule has 5 rings (SSSR count). The van der Waals surface area contributed by atoms with E-state index in [-0.39, 0.29) is 5.91 Å². The summed E-state index contributed by atoms with van der Waals surface area (Å²) in [5.41, 5.74) is 7.96. The smallest absolute Gasteiger partial charge is 0.329 e. The van der Waals surface area contributed by atoms with Gasteiger partial charge in [-0.05, 0) is 32.0 Å². The van der Waals surface area contributed by atoms with Crippen LogP contribution >= 0.6 is 0 Å². The molecule has 3 N–H and O–H groups in total. The zero-order chi connectivity index (χ0) is 22.1. The Morgan fingerprint density at radius 1 is 1.00 bits per heavy atom. The third-order valence-corrected chi connectivity index (χ3v) is 6.91. The van der Waals surface area contributed by atoms with Crippen LogP contribution in [0.25, 0.3) is 5.65 Å². The van der Waals surface area contributed by atoms with Crippen molar-refractivity contribution in [3.05, 3.63) is 24.5 Å². The normalized spacial score (nSPS) is 22.0. The molecule has 0 unspecified atom stereocenters. The Kier molecular flexibility index (Phi) is 5.99. The number of carbonyl (C=O) groups excluding carboxylic acids is 2. The Morgan fingerprint density at radius 2 is 1.72 bits per heavy atom. The zero-order valence-electron chi connectivity index (χ0n) is 18.4. The van der Waals surface area contributed by atoms with Crippen LogP contribution in [0.2, 0.25) is 0 Å². The van der Waals surface area contributed by atoms with E-state index < -0.39 is 6.03 Å². The van der Waals surface area contributed by atoms with Gasteiger partial charge in [0, 0.05) is 76.2 Å². The van der Waals surface area contributed by atoms with Crippen LogP contribution in [-0.2, 0) is 4.79 Å². The zero-order valence-corrected chi connectivity index (χ0v) is 18.4. The molecule has 0 bridgehead atoms. The van der Waals surface area contributed by atoms with Crippen LogP contribution in [-0.4, -0.2) is 96.1 Å². The van der Waals surface area contributed by atoms with Crippen molar-refractivity contribution in [1.82, 2.24) is 24.5 Å². The van der Waals surface area contributed by atoms with Gasteiger partial charge in [-0.1, -0.05) is 0 Å². The van der Waals surface area contributed by atoms with Gasteiger partial charge in [0.25, 0.3) is 0 Å². The van der Waals surface area contributed by atoms with Crippen molar-refractivity contribution in [1.29, 1.82) is 0 Å². The molecule has 0 radical (unpaired) electrons. The van der Waals surface area contributed by atoms with Gasteiger partial charge in [-0.2, -0.15) is 0 Å². The number of hydrogen-bond donors (Lipinski definition) is 2. The minimum atomic E-state index is -0.393. The number of pyridine rings is 1. The van der Waals surface area contributed by atoms with Crippen molar-refractivity contribution in [2.45, 2.75) is 25.3 Å². The van der Waals surface area contributed by atoms with Gasteiger partial charge in [0.15, 0.2) is 0 Å². The number of nitrogens with one attached hydrogen (secondary N) is 1. The monoisotopic (exact) mass is 440 g/mol. The second-order valence-electron chi connectivity index (χ2n) is 8.99. The number of anilines is 2. The topological polar surface area (TPSA) is 102 Å². The molecule has 0 spiro atoms. The van der Waals surface area contributed by atoms with Crippen molar-refractivity contribution in [3.8, 4) is 0 Å². The van der Waals surface area contributed by atoms with E-state index in [2.05, 4.69) is 37.1 Å². The fourth-order valence-corrected chi connectivity index (χ4v) is 4.82. The summed E-state index contributed by atoms with van der Waals surface area (Å²) < 4.78 is 1.90. The molecule has 3 aliphatic heterocycles. The summed E-state index contributed by atoms with van der Waals surface area (Å²) in [6.07, 6.45) is 6.19. The molecule has 172 valence electrons. The summed E-state index contributed by atoms with van der Waals surface area (Å²) in [6.45, 7) is 8.96. The number of piperidine rings is 1. The van der Waals surface area contributed by atoms with E-state index in [4.69, 9.17) is 5.73 Å². The van der Waals surface area contributed by atoms with Gasteiger partial charge in [-0.15, -0.1) is 0 Å². The molecule has 3 saturated heterocycles.